The molecule has 0 saturated carbocycles. The van der Waals surface area contributed by atoms with Gasteiger partial charge in [0.2, 0.25) is 0 Å². The van der Waals surface area contributed by atoms with Gasteiger partial charge in [0.1, 0.15) is 0 Å². The van der Waals surface area contributed by atoms with Crippen LogP contribution in [-0.2, 0) is 0 Å². The molecule has 1 saturated heterocycles. The van der Waals surface area contributed by atoms with E-state index in [1.54, 1.807) is 11.0 Å². The molecule has 1 heterocycles. The minimum absolute atomic E-state index is 0.0184. The third-order valence-electron chi connectivity index (χ3n) is 4.07. The predicted octanol–water partition coefficient (Wildman–Crippen LogP) is 3.55. The molecule has 5 nitrogen and oxygen atoms in total. The van der Waals surface area contributed by atoms with Crippen LogP contribution in [0.5, 0.6) is 0 Å². The number of hydrogen-bond acceptors (Lipinski definition) is 2. The number of carboxylic acids is 1. The molecule has 114 valence electrons. The maximum atomic E-state index is 12.2. The lowest BCUT2D eigenvalue weighted by Crippen LogP contribution is -2.44. The minimum Gasteiger partial charge on any atom is -0.478 e. The summed E-state index contributed by atoms with van der Waals surface area (Å²) in [5.74, 6) is -0.0380. The maximum absolute atomic E-state index is 12.2. The Labute approximate surface area is 128 Å². The molecule has 2 rings (SSSR count). The number of carbonyl (C=O) groups is 2. The highest BCUT2D eigenvalue weighted by Gasteiger charge is 2.26. The Hall–Kier alpha value is -1.75. The van der Waals surface area contributed by atoms with E-state index in [9.17, 15) is 9.59 Å². The lowest BCUT2D eigenvalue weighted by atomic mass is 9.89. The van der Waals surface area contributed by atoms with Gasteiger partial charge in [0.05, 0.1) is 10.6 Å². The summed E-state index contributed by atoms with van der Waals surface area (Å²) < 4.78 is 0. The van der Waals surface area contributed by atoms with Crippen molar-refractivity contribution in [1.82, 2.24) is 4.90 Å². The number of nitrogens with zero attached hydrogens (tertiary/aromatic N) is 1. The fourth-order valence-electron chi connectivity index (χ4n) is 2.42. The highest BCUT2D eigenvalue weighted by molar-refractivity contribution is 6.33. The van der Waals surface area contributed by atoms with E-state index in [-0.39, 0.29) is 16.6 Å². The van der Waals surface area contributed by atoms with E-state index in [0.29, 0.717) is 24.1 Å². The number of piperidine rings is 1. The van der Waals surface area contributed by atoms with Gasteiger partial charge >= 0.3 is 12.0 Å². The van der Waals surface area contributed by atoms with Crippen molar-refractivity contribution < 1.29 is 14.7 Å². The zero-order valence-corrected chi connectivity index (χ0v) is 12.9. The van der Waals surface area contributed by atoms with Crippen molar-refractivity contribution in [2.45, 2.75) is 20.3 Å². The molecule has 0 aromatic heterocycles. The lowest BCUT2D eigenvalue weighted by molar-refractivity contribution is 0.0697. The highest BCUT2D eigenvalue weighted by Crippen LogP contribution is 2.24. The van der Waals surface area contributed by atoms with Gasteiger partial charge in [-0.3, -0.25) is 0 Å². The number of likely N-dealkylation sites (tertiary alicyclic amines) is 1. The fourth-order valence-corrected chi connectivity index (χ4v) is 2.62. The van der Waals surface area contributed by atoms with Crippen LogP contribution in [0.15, 0.2) is 18.2 Å². The summed E-state index contributed by atoms with van der Waals surface area (Å²) >= 11 is 5.81. The second kappa shape index (κ2) is 6.35. The first kappa shape index (κ1) is 15.6. The molecule has 1 aliphatic rings. The van der Waals surface area contributed by atoms with Crippen molar-refractivity contribution >= 4 is 29.3 Å². The molecule has 0 aliphatic carbocycles. The normalized spacial score (nSPS) is 22.0. The summed E-state index contributed by atoms with van der Waals surface area (Å²) in [7, 11) is 0. The van der Waals surface area contributed by atoms with Gasteiger partial charge in [-0.1, -0.05) is 25.4 Å². The highest BCUT2D eigenvalue weighted by atomic mass is 35.5. The van der Waals surface area contributed by atoms with Crippen molar-refractivity contribution in [1.29, 1.82) is 0 Å². The maximum Gasteiger partial charge on any atom is 0.337 e. The van der Waals surface area contributed by atoms with Gasteiger partial charge in [0.15, 0.2) is 0 Å². The molecule has 0 bridgehead atoms. The van der Waals surface area contributed by atoms with Crippen LogP contribution < -0.4 is 5.32 Å². The zero-order chi connectivity index (χ0) is 15.6. The number of hydrogen-bond donors (Lipinski definition) is 2. The van der Waals surface area contributed by atoms with E-state index in [0.717, 1.165) is 13.0 Å². The quantitative estimate of drug-likeness (QED) is 0.877. The molecule has 0 radical (unpaired) electrons. The third kappa shape index (κ3) is 3.67. The van der Waals surface area contributed by atoms with Crippen LogP contribution in [0.3, 0.4) is 0 Å². The molecule has 21 heavy (non-hydrogen) atoms. The second-order valence-electron chi connectivity index (χ2n) is 5.62. The number of nitrogens with one attached hydrogen (secondary N) is 1. The number of benzene rings is 1. The van der Waals surface area contributed by atoms with Crippen LogP contribution in [0.4, 0.5) is 10.5 Å². The van der Waals surface area contributed by atoms with Gasteiger partial charge in [-0.15, -0.1) is 0 Å². The van der Waals surface area contributed by atoms with E-state index >= 15 is 0 Å². The van der Waals surface area contributed by atoms with Crippen molar-refractivity contribution in [3.8, 4) is 0 Å². The molecular formula is C15H19ClN2O3. The van der Waals surface area contributed by atoms with Gasteiger partial charge in [0.25, 0.3) is 0 Å². The fraction of sp³-hybridized carbons (Fsp3) is 0.467. The van der Waals surface area contributed by atoms with E-state index in [2.05, 4.69) is 19.2 Å². The number of urea groups is 1. The van der Waals surface area contributed by atoms with Crippen LogP contribution in [0.2, 0.25) is 5.02 Å². The summed E-state index contributed by atoms with van der Waals surface area (Å²) in [6.45, 7) is 5.76. The third-order valence-corrected chi connectivity index (χ3v) is 4.40. The monoisotopic (exact) mass is 310 g/mol. The largest absolute Gasteiger partial charge is 0.478 e. The summed E-state index contributed by atoms with van der Waals surface area (Å²) in [4.78, 5) is 25.0. The van der Waals surface area contributed by atoms with Crippen molar-refractivity contribution in [2.24, 2.45) is 11.8 Å². The van der Waals surface area contributed by atoms with Crippen LogP contribution in [-0.4, -0.2) is 35.1 Å². The minimum atomic E-state index is -1.11. The van der Waals surface area contributed by atoms with Crippen molar-refractivity contribution in [2.75, 3.05) is 18.4 Å². The summed E-state index contributed by atoms with van der Waals surface area (Å²) in [6.07, 6.45) is 0.982. The Morgan fingerprint density at radius 2 is 2.05 bits per heavy atom. The Morgan fingerprint density at radius 3 is 2.67 bits per heavy atom. The van der Waals surface area contributed by atoms with Gasteiger partial charge < -0.3 is 15.3 Å². The number of carbonyl (C=O) groups excluding carboxylic acids is 1. The van der Waals surface area contributed by atoms with E-state index in [4.69, 9.17) is 16.7 Å². The number of aromatic carboxylic acids is 1. The topological polar surface area (TPSA) is 69.6 Å². The molecule has 1 aromatic carbocycles. The lowest BCUT2D eigenvalue weighted by Gasteiger charge is -2.35. The zero-order valence-electron chi connectivity index (χ0n) is 12.1. The Balaban J connectivity index is 2.06. The van der Waals surface area contributed by atoms with Crippen LogP contribution in [0.25, 0.3) is 0 Å². The molecule has 1 aromatic rings. The van der Waals surface area contributed by atoms with Crippen LogP contribution >= 0.6 is 11.6 Å². The number of rotatable bonds is 2. The Bertz CT molecular complexity index is 562. The van der Waals surface area contributed by atoms with Gasteiger partial charge in [0, 0.05) is 18.8 Å². The number of carboxylic acid groups (broad SMARTS) is 1. The molecule has 1 fully saturated rings. The molecule has 2 N–H and O–H groups in total. The van der Waals surface area contributed by atoms with E-state index < -0.39 is 5.97 Å². The predicted molar refractivity (Wildman–Crippen MR) is 81.9 cm³/mol. The van der Waals surface area contributed by atoms with Gasteiger partial charge in [-0.05, 0) is 36.5 Å². The summed E-state index contributed by atoms with van der Waals surface area (Å²) in [5, 5.41) is 11.9. The summed E-state index contributed by atoms with van der Waals surface area (Å²) in [5.41, 5.74) is 0.420. The van der Waals surface area contributed by atoms with Gasteiger partial charge in [-0.2, -0.15) is 0 Å². The number of amides is 2. The van der Waals surface area contributed by atoms with Crippen molar-refractivity contribution in [3.63, 3.8) is 0 Å². The molecule has 2 atom stereocenters. The van der Waals surface area contributed by atoms with E-state index in [1.807, 2.05) is 0 Å². The second-order valence-corrected chi connectivity index (χ2v) is 6.03. The Kier molecular flexibility index (Phi) is 4.73. The number of anilines is 1. The standard InChI is InChI=1S/C15H19ClN2O3/c1-9-5-6-18(8-10(9)2)15(21)17-11-3-4-13(16)12(7-11)14(19)20/h3-4,7,9-10H,5-6,8H2,1-2H3,(H,17,21)(H,19,20). The first-order valence-electron chi connectivity index (χ1n) is 6.97. The molecule has 6 heteroatoms. The smallest absolute Gasteiger partial charge is 0.337 e. The summed E-state index contributed by atoms with van der Waals surface area (Å²) in [6, 6.07) is 4.25. The molecule has 1 aliphatic heterocycles. The van der Waals surface area contributed by atoms with Gasteiger partial charge in [-0.25, -0.2) is 9.59 Å². The van der Waals surface area contributed by atoms with E-state index in [1.165, 1.54) is 12.1 Å². The van der Waals surface area contributed by atoms with Crippen LogP contribution in [0, 0.1) is 11.8 Å². The molecular weight excluding hydrogens is 292 g/mol. The van der Waals surface area contributed by atoms with Crippen molar-refractivity contribution in [3.05, 3.63) is 28.8 Å². The first-order chi connectivity index (χ1) is 9.88. The Morgan fingerprint density at radius 1 is 1.33 bits per heavy atom. The number of halogens is 1. The molecule has 0 spiro atoms. The first-order valence-corrected chi connectivity index (χ1v) is 7.35. The van der Waals surface area contributed by atoms with Crippen LogP contribution in [0.1, 0.15) is 30.6 Å². The average Bonchev–Trinajstić information content (AvgIpc) is 2.43. The average molecular weight is 311 g/mol. The molecule has 2 unspecified atom stereocenters. The molecule has 2 amide bonds. The SMILES string of the molecule is CC1CCN(C(=O)Nc2ccc(Cl)c(C(=O)O)c2)CC1C.